The Bertz CT molecular complexity index is 497. The molecule has 0 bridgehead atoms. The van der Waals surface area contributed by atoms with Crippen LogP contribution in [0.3, 0.4) is 0 Å². The summed E-state index contributed by atoms with van der Waals surface area (Å²) in [6.45, 7) is 12.0. The Balaban J connectivity index is 1.87. The normalized spacial score (nSPS) is 23.6. The summed E-state index contributed by atoms with van der Waals surface area (Å²) in [5.74, 6) is 0.773. The predicted molar refractivity (Wildman–Crippen MR) is 104 cm³/mol. The highest BCUT2D eigenvalue weighted by Gasteiger charge is 2.40. The smallest absolute Gasteiger partial charge is 0.0631 e. The molecule has 1 aliphatic heterocycles. The maximum absolute atomic E-state index is 5.98. The van der Waals surface area contributed by atoms with E-state index < -0.39 is 0 Å². The molecule has 1 aromatic carbocycles. The Morgan fingerprint density at radius 3 is 2.50 bits per heavy atom. The van der Waals surface area contributed by atoms with Crippen LogP contribution in [0.25, 0.3) is 0 Å². The van der Waals surface area contributed by atoms with Gasteiger partial charge in [0.2, 0.25) is 0 Å². The number of hydrogen-bond acceptors (Lipinski definition) is 2. The molecule has 1 fully saturated rings. The summed E-state index contributed by atoms with van der Waals surface area (Å²) in [4.78, 5) is 0. The fraction of sp³-hybridized carbons (Fsp3) is 0.714. The Hall–Kier alpha value is -0.570. The second-order valence-corrected chi connectivity index (χ2v) is 8.96. The minimum absolute atomic E-state index is 0.0193. The minimum Gasteiger partial charge on any atom is -0.376 e. The molecule has 1 atom stereocenters. The van der Waals surface area contributed by atoms with E-state index in [2.05, 4.69) is 45.1 Å². The topological polar surface area (TPSA) is 21.3 Å². The Kier molecular flexibility index (Phi) is 7.15. The van der Waals surface area contributed by atoms with Crippen molar-refractivity contribution in [2.45, 2.75) is 71.9 Å². The van der Waals surface area contributed by atoms with Crippen LogP contribution in [0, 0.1) is 11.3 Å². The van der Waals surface area contributed by atoms with Gasteiger partial charge in [0.05, 0.1) is 5.60 Å². The summed E-state index contributed by atoms with van der Waals surface area (Å²) in [6, 6.07) is 8.12. The molecule has 0 amide bonds. The quantitative estimate of drug-likeness (QED) is 0.595. The summed E-state index contributed by atoms with van der Waals surface area (Å²) >= 11 is 5.95. The van der Waals surface area contributed by atoms with Crippen molar-refractivity contribution in [2.24, 2.45) is 11.3 Å². The third-order valence-electron chi connectivity index (χ3n) is 5.25. The van der Waals surface area contributed by atoms with Gasteiger partial charge in [0, 0.05) is 18.2 Å². The van der Waals surface area contributed by atoms with E-state index in [1.54, 1.807) is 0 Å². The maximum Gasteiger partial charge on any atom is 0.0631 e. The summed E-state index contributed by atoms with van der Waals surface area (Å²) in [5.41, 5.74) is 1.74. The van der Waals surface area contributed by atoms with E-state index in [9.17, 15) is 0 Å². The van der Waals surface area contributed by atoms with Crippen LogP contribution in [0.5, 0.6) is 0 Å². The summed E-state index contributed by atoms with van der Waals surface area (Å²) in [5, 5.41) is 4.43. The third-order valence-corrected chi connectivity index (χ3v) is 5.50. The van der Waals surface area contributed by atoms with Gasteiger partial charge < -0.3 is 10.1 Å². The first-order valence-corrected chi connectivity index (χ1v) is 9.77. The van der Waals surface area contributed by atoms with E-state index in [-0.39, 0.29) is 5.60 Å². The molecule has 1 N–H and O–H groups in total. The summed E-state index contributed by atoms with van der Waals surface area (Å²) < 4.78 is 5.98. The van der Waals surface area contributed by atoms with Crippen LogP contribution in [0.2, 0.25) is 5.02 Å². The van der Waals surface area contributed by atoms with E-state index >= 15 is 0 Å². The van der Waals surface area contributed by atoms with Crippen LogP contribution in [0.15, 0.2) is 24.3 Å². The Morgan fingerprint density at radius 1 is 1.17 bits per heavy atom. The van der Waals surface area contributed by atoms with Crippen LogP contribution in [-0.2, 0) is 11.3 Å². The minimum atomic E-state index is 0.0193. The first-order valence-electron chi connectivity index (χ1n) is 9.39. The lowest BCUT2D eigenvalue weighted by Gasteiger charge is -2.45. The molecule has 0 unspecified atom stereocenters. The molecule has 1 saturated heterocycles. The molecular weight excluding hydrogens is 318 g/mol. The number of halogens is 1. The van der Waals surface area contributed by atoms with Gasteiger partial charge in [0.25, 0.3) is 0 Å². The molecule has 0 saturated carbocycles. The van der Waals surface area contributed by atoms with Gasteiger partial charge in [-0.2, -0.15) is 0 Å². The number of benzene rings is 1. The van der Waals surface area contributed by atoms with Gasteiger partial charge >= 0.3 is 0 Å². The number of rotatable bonds is 8. The van der Waals surface area contributed by atoms with Crippen molar-refractivity contribution in [1.29, 1.82) is 0 Å². The van der Waals surface area contributed by atoms with Gasteiger partial charge in [-0.3, -0.25) is 0 Å². The van der Waals surface area contributed by atoms with Crippen LogP contribution < -0.4 is 5.32 Å². The lowest BCUT2D eigenvalue weighted by Crippen LogP contribution is -2.42. The lowest BCUT2D eigenvalue weighted by molar-refractivity contribution is -0.110. The highest BCUT2D eigenvalue weighted by Crippen LogP contribution is 2.45. The van der Waals surface area contributed by atoms with Crippen molar-refractivity contribution in [3.8, 4) is 0 Å². The van der Waals surface area contributed by atoms with E-state index in [0.717, 1.165) is 30.6 Å². The van der Waals surface area contributed by atoms with E-state index in [0.29, 0.717) is 5.41 Å². The second kappa shape index (κ2) is 8.69. The van der Waals surface area contributed by atoms with Crippen molar-refractivity contribution in [3.05, 3.63) is 34.9 Å². The molecule has 0 radical (unpaired) electrons. The van der Waals surface area contributed by atoms with Gasteiger partial charge in [-0.25, -0.2) is 0 Å². The molecule has 136 valence electrons. The van der Waals surface area contributed by atoms with Gasteiger partial charge in [-0.05, 0) is 75.1 Å². The summed E-state index contributed by atoms with van der Waals surface area (Å²) in [6.07, 6.45) is 6.24. The molecule has 1 aliphatic rings. The van der Waals surface area contributed by atoms with Gasteiger partial charge in [-0.1, -0.05) is 44.0 Å². The number of hydrogen-bond donors (Lipinski definition) is 1. The van der Waals surface area contributed by atoms with E-state index in [4.69, 9.17) is 16.3 Å². The summed E-state index contributed by atoms with van der Waals surface area (Å²) in [7, 11) is 0. The number of nitrogens with one attached hydrogen (secondary N) is 1. The zero-order valence-electron chi connectivity index (χ0n) is 15.8. The van der Waals surface area contributed by atoms with Crippen LogP contribution in [0.4, 0.5) is 0 Å². The van der Waals surface area contributed by atoms with Crippen LogP contribution >= 0.6 is 11.6 Å². The zero-order valence-corrected chi connectivity index (χ0v) is 16.6. The molecule has 0 aromatic heterocycles. The van der Waals surface area contributed by atoms with Crippen LogP contribution in [0.1, 0.15) is 65.4 Å². The Morgan fingerprint density at radius 2 is 1.88 bits per heavy atom. The standard InChI is InChI=1S/C21H34ClNO/c1-17(2)9-10-21(12-14-24-20(3,4)16-21)11-13-23-15-18-5-7-19(22)8-6-18/h5-8,17,23H,9-16H2,1-4H3/t21-/m0/s1. The van der Waals surface area contributed by atoms with Crippen molar-refractivity contribution < 1.29 is 4.74 Å². The fourth-order valence-corrected chi connectivity index (χ4v) is 4.05. The molecule has 3 heteroatoms. The zero-order chi connectivity index (χ0) is 17.6. The molecule has 0 spiro atoms. The lowest BCUT2D eigenvalue weighted by atomic mass is 9.68. The van der Waals surface area contributed by atoms with E-state index in [1.165, 1.54) is 37.7 Å². The van der Waals surface area contributed by atoms with Crippen molar-refractivity contribution >= 4 is 11.6 Å². The Labute approximate surface area is 153 Å². The molecule has 24 heavy (non-hydrogen) atoms. The van der Waals surface area contributed by atoms with Gasteiger partial charge in [-0.15, -0.1) is 0 Å². The van der Waals surface area contributed by atoms with Crippen molar-refractivity contribution in [3.63, 3.8) is 0 Å². The largest absolute Gasteiger partial charge is 0.376 e. The first kappa shape index (κ1) is 19.8. The molecule has 1 aromatic rings. The van der Waals surface area contributed by atoms with Crippen molar-refractivity contribution in [1.82, 2.24) is 5.32 Å². The molecular formula is C21H34ClNO. The highest BCUT2D eigenvalue weighted by atomic mass is 35.5. The molecule has 2 nitrogen and oxygen atoms in total. The predicted octanol–water partition coefficient (Wildman–Crippen LogP) is 5.83. The highest BCUT2D eigenvalue weighted by molar-refractivity contribution is 6.30. The third kappa shape index (κ3) is 6.38. The van der Waals surface area contributed by atoms with Gasteiger partial charge in [0.15, 0.2) is 0 Å². The average molecular weight is 352 g/mol. The van der Waals surface area contributed by atoms with Crippen LogP contribution in [-0.4, -0.2) is 18.8 Å². The fourth-order valence-electron chi connectivity index (χ4n) is 3.92. The molecule has 2 rings (SSSR count). The van der Waals surface area contributed by atoms with Crippen molar-refractivity contribution in [2.75, 3.05) is 13.2 Å². The monoisotopic (exact) mass is 351 g/mol. The first-order chi connectivity index (χ1) is 11.3. The molecule has 1 heterocycles. The van der Waals surface area contributed by atoms with Gasteiger partial charge in [0.1, 0.15) is 0 Å². The maximum atomic E-state index is 5.98. The average Bonchev–Trinajstić information content (AvgIpc) is 2.51. The van der Waals surface area contributed by atoms with E-state index in [1.807, 2.05) is 12.1 Å². The SMILES string of the molecule is CC(C)CC[C@]1(CCNCc2ccc(Cl)cc2)CCOC(C)(C)C1. The second-order valence-electron chi connectivity index (χ2n) is 8.52. The molecule has 0 aliphatic carbocycles. The number of ether oxygens (including phenoxy) is 1.